The topological polar surface area (TPSA) is 61.9 Å². The van der Waals surface area contributed by atoms with E-state index < -0.39 is 0 Å². The van der Waals surface area contributed by atoms with E-state index in [4.69, 9.17) is 0 Å². The summed E-state index contributed by atoms with van der Waals surface area (Å²) in [4.78, 5) is 19.2. The van der Waals surface area contributed by atoms with Crippen molar-refractivity contribution in [3.63, 3.8) is 0 Å². The fourth-order valence-corrected chi connectivity index (χ4v) is 3.80. The van der Waals surface area contributed by atoms with Crippen LogP contribution in [0.15, 0.2) is 36.7 Å². The molecule has 25 heavy (non-hydrogen) atoms. The smallest absolute Gasteiger partial charge is 0.254 e. The molecule has 1 saturated heterocycles. The first kappa shape index (κ1) is 15.9. The van der Waals surface area contributed by atoms with Crippen LogP contribution >= 0.6 is 0 Å². The number of rotatable bonds is 4. The normalized spacial score (nSPS) is 21.1. The van der Waals surface area contributed by atoms with Gasteiger partial charge in [0.25, 0.3) is 5.91 Å². The van der Waals surface area contributed by atoms with E-state index in [2.05, 4.69) is 15.6 Å². The van der Waals surface area contributed by atoms with E-state index in [-0.39, 0.29) is 17.4 Å². The van der Waals surface area contributed by atoms with Crippen LogP contribution < -0.4 is 0 Å². The zero-order valence-corrected chi connectivity index (χ0v) is 14.5. The molecule has 2 heterocycles. The molecule has 5 heteroatoms. The first-order chi connectivity index (χ1) is 12.1. The minimum Gasteiger partial charge on any atom is -0.334 e. The minimum absolute atomic E-state index is 0.0913. The number of likely N-dealkylation sites (tertiary alicyclic amines) is 1. The van der Waals surface area contributed by atoms with Crippen molar-refractivity contribution in [2.45, 2.75) is 50.6 Å². The lowest BCUT2D eigenvalue weighted by Crippen LogP contribution is -2.38. The Bertz CT molecular complexity index is 826. The van der Waals surface area contributed by atoms with E-state index in [0.29, 0.717) is 5.56 Å². The largest absolute Gasteiger partial charge is 0.334 e. The van der Waals surface area contributed by atoms with Gasteiger partial charge in [-0.1, -0.05) is 12.1 Å². The molecule has 1 unspecified atom stereocenters. The molecule has 1 saturated carbocycles. The molecule has 128 valence electrons. The van der Waals surface area contributed by atoms with Crippen LogP contribution in [0.25, 0.3) is 0 Å². The Morgan fingerprint density at radius 3 is 2.72 bits per heavy atom. The molecule has 0 spiro atoms. The maximum absolute atomic E-state index is 13.0. The molecule has 1 atom stereocenters. The second-order valence-corrected chi connectivity index (χ2v) is 7.19. The molecule has 0 radical (unpaired) electrons. The predicted octanol–water partition coefficient (Wildman–Crippen LogP) is 3.05. The summed E-state index contributed by atoms with van der Waals surface area (Å²) in [5, 5.41) is 9.31. The highest BCUT2D eigenvalue weighted by Crippen LogP contribution is 2.47. The molecule has 2 fully saturated rings. The highest BCUT2D eigenvalue weighted by atomic mass is 16.2. The summed E-state index contributed by atoms with van der Waals surface area (Å²) in [6.07, 6.45) is 7.70. The van der Waals surface area contributed by atoms with Gasteiger partial charge in [-0.3, -0.25) is 4.79 Å². The van der Waals surface area contributed by atoms with E-state index in [0.717, 1.165) is 50.2 Å². The van der Waals surface area contributed by atoms with E-state index in [9.17, 15) is 10.1 Å². The lowest BCUT2D eigenvalue weighted by molar-refractivity contribution is 0.0723. The van der Waals surface area contributed by atoms with Crippen molar-refractivity contribution in [2.75, 3.05) is 6.54 Å². The van der Waals surface area contributed by atoms with Crippen molar-refractivity contribution in [2.24, 2.45) is 0 Å². The zero-order valence-electron chi connectivity index (χ0n) is 14.5. The van der Waals surface area contributed by atoms with Crippen LogP contribution in [-0.4, -0.2) is 32.9 Å². The molecule has 2 aromatic rings. The van der Waals surface area contributed by atoms with Gasteiger partial charge in [-0.15, -0.1) is 0 Å². The second kappa shape index (κ2) is 6.03. The van der Waals surface area contributed by atoms with Gasteiger partial charge in [0.2, 0.25) is 0 Å². The van der Waals surface area contributed by atoms with E-state index in [1.807, 2.05) is 42.3 Å². The Balaban J connectivity index is 1.50. The molecule has 0 N–H and O–H groups in total. The predicted molar refractivity (Wildman–Crippen MR) is 94.0 cm³/mol. The van der Waals surface area contributed by atoms with E-state index >= 15 is 0 Å². The van der Waals surface area contributed by atoms with Gasteiger partial charge in [-0.25, -0.2) is 4.98 Å². The molecule has 0 bridgehead atoms. The number of hydrogen-bond acceptors (Lipinski definition) is 3. The van der Waals surface area contributed by atoms with Crippen molar-refractivity contribution < 1.29 is 4.79 Å². The highest BCUT2D eigenvalue weighted by molar-refractivity contribution is 5.94. The number of nitriles is 1. The number of benzene rings is 1. The first-order valence-electron chi connectivity index (χ1n) is 8.93. The first-order valence-corrected chi connectivity index (χ1v) is 8.93. The number of amides is 1. The van der Waals surface area contributed by atoms with Gasteiger partial charge in [-0.05, 0) is 50.3 Å². The third-order valence-corrected chi connectivity index (χ3v) is 5.62. The quantitative estimate of drug-likeness (QED) is 0.863. The van der Waals surface area contributed by atoms with Gasteiger partial charge in [0, 0.05) is 31.0 Å². The average Bonchev–Trinajstić information content (AvgIpc) is 3.14. The van der Waals surface area contributed by atoms with E-state index in [1.54, 1.807) is 6.20 Å². The standard InChI is InChI=1S/C20H22N4O/c1-15-22-10-12-23(15)13-18-3-2-11-24(18)19(25)16-4-6-17(7-5-16)20(14-21)8-9-20/h4-7,10,12,18H,2-3,8-9,11,13H2,1H3. The Morgan fingerprint density at radius 1 is 1.36 bits per heavy atom. The Kier molecular flexibility index (Phi) is 3.84. The third kappa shape index (κ3) is 2.82. The molecule has 1 aliphatic carbocycles. The Morgan fingerprint density at radius 2 is 2.12 bits per heavy atom. The number of carbonyl (C=O) groups is 1. The average molecular weight is 334 g/mol. The molecule has 1 aromatic heterocycles. The van der Waals surface area contributed by atoms with E-state index in [1.165, 1.54) is 0 Å². The number of hydrogen-bond donors (Lipinski definition) is 0. The van der Waals surface area contributed by atoms with Gasteiger partial charge < -0.3 is 9.47 Å². The minimum atomic E-state index is -0.295. The Labute approximate surface area is 147 Å². The van der Waals surface area contributed by atoms with Crippen LogP contribution in [0.5, 0.6) is 0 Å². The summed E-state index contributed by atoms with van der Waals surface area (Å²) in [6.45, 7) is 3.59. The lowest BCUT2D eigenvalue weighted by atomic mass is 9.96. The summed E-state index contributed by atoms with van der Waals surface area (Å²) in [7, 11) is 0. The van der Waals surface area contributed by atoms with Crippen LogP contribution in [0, 0.1) is 18.3 Å². The molecule has 1 amide bonds. The van der Waals surface area contributed by atoms with Gasteiger partial charge in [-0.2, -0.15) is 5.26 Å². The fourth-order valence-electron chi connectivity index (χ4n) is 3.80. The second-order valence-electron chi connectivity index (χ2n) is 7.19. The van der Waals surface area contributed by atoms with Crippen molar-refractivity contribution in [1.29, 1.82) is 5.26 Å². The van der Waals surface area contributed by atoms with Crippen LogP contribution in [0.1, 0.15) is 47.4 Å². The molecule has 5 nitrogen and oxygen atoms in total. The maximum Gasteiger partial charge on any atom is 0.254 e. The highest BCUT2D eigenvalue weighted by Gasteiger charge is 2.44. The third-order valence-electron chi connectivity index (χ3n) is 5.62. The monoisotopic (exact) mass is 334 g/mol. The van der Waals surface area contributed by atoms with Gasteiger partial charge in [0.15, 0.2) is 0 Å². The molecule has 1 aromatic carbocycles. The molecule has 1 aliphatic heterocycles. The molecule has 2 aliphatic rings. The summed E-state index contributed by atoms with van der Waals surface area (Å²) >= 11 is 0. The zero-order chi connectivity index (χ0) is 17.4. The van der Waals surface area contributed by atoms with Crippen molar-refractivity contribution in [1.82, 2.24) is 14.5 Å². The fraction of sp³-hybridized carbons (Fsp3) is 0.450. The van der Waals surface area contributed by atoms with Crippen LogP contribution in [0.2, 0.25) is 0 Å². The van der Waals surface area contributed by atoms with Gasteiger partial charge >= 0.3 is 0 Å². The molecular weight excluding hydrogens is 312 g/mol. The summed E-state index contributed by atoms with van der Waals surface area (Å²) in [5.41, 5.74) is 1.46. The van der Waals surface area contributed by atoms with Crippen molar-refractivity contribution in [3.05, 3.63) is 53.6 Å². The number of imidazole rings is 1. The Hall–Kier alpha value is -2.61. The molecular formula is C20H22N4O. The summed E-state index contributed by atoms with van der Waals surface area (Å²) in [5.74, 6) is 1.07. The van der Waals surface area contributed by atoms with Crippen LogP contribution in [-0.2, 0) is 12.0 Å². The lowest BCUT2D eigenvalue weighted by Gasteiger charge is -2.25. The molecule has 4 rings (SSSR count). The number of carbonyl (C=O) groups excluding carboxylic acids is 1. The van der Waals surface area contributed by atoms with Gasteiger partial charge in [0.05, 0.1) is 17.5 Å². The number of aromatic nitrogens is 2. The van der Waals surface area contributed by atoms with Gasteiger partial charge in [0.1, 0.15) is 5.82 Å². The number of nitrogens with zero attached hydrogens (tertiary/aromatic N) is 4. The van der Waals surface area contributed by atoms with Crippen molar-refractivity contribution >= 4 is 5.91 Å². The number of aryl methyl sites for hydroxylation is 1. The SMILES string of the molecule is Cc1nccn1CC1CCCN1C(=O)c1ccc(C2(C#N)CC2)cc1. The summed E-state index contributed by atoms with van der Waals surface area (Å²) in [6, 6.07) is 10.3. The van der Waals surface area contributed by atoms with Crippen LogP contribution in [0.3, 0.4) is 0 Å². The maximum atomic E-state index is 13.0. The van der Waals surface area contributed by atoms with Crippen LogP contribution in [0.4, 0.5) is 0 Å². The summed E-state index contributed by atoms with van der Waals surface area (Å²) < 4.78 is 2.11. The van der Waals surface area contributed by atoms with Crippen molar-refractivity contribution in [3.8, 4) is 6.07 Å².